The molecule has 0 saturated carbocycles. The highest BCUT2D eigenvalue weighted by Gasteiger charge is 2.24. The molecule has 0 radical (unpaired) electrons. The lowest BCUT2D eigenvalue weighted by Crippen LogP contribution is -2.34. The van der Waals surface area contributed by atoms with Gasteiger partial charge in [-0.2, -0.15) is 0 Å². The molecular weight excluding hydrogens is 288 g/mol. The topological polar surface area (TPSA) is 106 Å². The Labute approximate surface area is 125 Å². The highest BCUT2D eigenvalue weighted by atomic mass is 16.6. The van der Waals surface area contributed by atoms with Crippen molar-refractivity contribution in [2.24, 2.45) is 0 Å². The number of fused-ring (bicyclic) bond motifs is 1. The van der Waals surface area contributed by atoms with Gasteiger partial charge in [0.05, 0.1) is 10.6 Å². The first kappa shape index (κ1) is 13.8. The summed E-state index contributed by atoms with van der Waals surface area (Å²) in [5.41, 5.74) is 0.930. The second-order valence-electron chi connectivity index (χ2n) is 4.71. The van der Waals surface area contributed by atoms with E-state index in [1.54, 1.807) is 25.1 Å². The molecule has 0 bridgehead atoms. The number of amides is 1. The Morgan fingerprint density at radius 3 is 3.00 bits per heavy atom. The van der Waals surface area contributed by atoms with E-state index in [4.69, 9.17) is 4.74 Å². The largest absolute Gasteiger partial charge is 0.479 e. The van der Waals surface area contributed by atoms with Crippen molar-refractivity contribution in [2.45, 2.75) is 13.0 Å². The molecular formula is C14H12N4O4. The zero-order valence-corrected chi connectivity index (χ0v) is 11.6. The van der Waals surface area contributed by atoms with Gasteiger partial charge in [-0.15, -0.1) is 0 Å². The van der Waals surface area contributed by atoms with E-state index >= 15 is 0 Å². The number of rotatable bonds is 3. The predicted octanol–water partition coefficient (Wildman–Crippen LogP) is 2.45. The lowest BCUT2D eigenvalue weighted by molar-refractivity contribution is -0.384. The van der Waals surface area contributed by atoms with Crippen molar-refractivity contribution >= 4 is 28.8 Å². The molecule has 1 amide bonds. The first-order valence-corrected chi connectivity index (χ1v) is 6.52. The van der Waals surface area contributed by atoms with Crippen LogP contribution in [0.5, 0.6) is 5.75 Å². The van der Waals surface area contributed by atoms with Crippen LogP contribution in [-0.2, 0) is 4.79 Å². The standard InChI is InChI=1S/C14H12N4O4/c1-8-14(19)17-10-7-9(4-5-12(10)22-8)16-13-11(18(20)21)3-2-6-15-13/h2-8H,1H3,(H,15,16)(H,17,19)/t8-/m1/s1. The molecule has 1 atom stereocenters. The molecule has 0 unspecified atom stereocenters. The molecule has 0 saturated heterocycles. The first-order chi connectivity index (χ1) is 10.5. The van der Waals surface area contributed by atoms with Gasteiger partial charge in [0.25, 0.3) is 5.91 Å². The number of ether oxygens (including phenoxy) is 1. The van der Waals surface area contributed by atoms with Crippen LogP contribution in [0.2, 0.25) is 0 Å². The Bertz CT molecular complexity index is 762. The summed E-state index contributed by atoms with van der Waals surface area (Å²) >= 11 is 0. The molecule has 22 heavy (non-hydrogen) atoms. The van der Waals surface area contributed by atoms with Crippen LogP contribution in [0.15, 0.2) is 36.5 Å². The van der Waals surface area contributed by atoms with E-state index in [0.717, 1.165) is 0 Å². The van der Waals surface area contributed by atoms with Gasteiger partial charge in [0.2, 0.25) is 5.82 Å². The number of nitrogens with one attached hydrogen (secondary N) is 2. The Balaban J connectivity index is 1.90. The number of pyridine rings is 1. The van der Waals surface area contributed by atoms with Crippen LogP contribution in [0.1, 0.15) is 6.92 Å². The fourth-order valence-corrected chi connectivity index (χ4v) is 2.06. The molecule has 1 aromatic carbocycles. The second kappa shape index (κ2) is 5.32. The Hall–Kier alpha value is -3.16. The van der Waals surface area contributed by atoms with Crippen molar-refractivity contribution in [2.75, 3.05) is 10.6 Å². The van der Waals surface area contributed by atoms with E-state index in [9.17, 15) is 14.9 Å². The summed E-state index contributed by atoms with van der Waals surface area (Å²) in [6.07, 6.45) is 0.906. The zero-order chi connectivity index (χ0) is 15.7. The van der Waals surface area contributed by atoms with E-state index in [1.807, 2.05) is 0 Å². The molecule has 1 aliphatic heterocycles. The lowest BCUT2D eigenvalue weighted by Gasteiger charge is -2.23. The van der Waals surface area contributed by atoms with Crippen molar-refractivity contribution < 1.29 is 14.5 Å². The zero-order valence-electron chi connectivity index (χ0n) is 11.6. The van der Waals surface area contributed by atoms with Crippen molar-refractivity contribution in [3.63, 3.8) is 0 Å². The maximum atomic E-state index is 11.6. The molecule has 1 aliphatic rings. The monoisotopic (exact) mass is 300 g/mol. The number of hydrogen-bond donors (Lipinski definition) is 2. The average molecular weight is 300 g/mol. The maximum absolute atomic E-state index is 11.6. The molecule has 8 heteroatoms. The minimum absolute atomic E-state index is 0.129. The molecule has 112 valence electrons. The second-order valence-corrected chi connectivity index (χ2v) is 4.71. The molecule has 0 aliphatic carbocycles. The van der Waals surface area contributed by atoms with Crippen molar-refractivity contribution in [3.8, 4) is 5.75 Å². The minimum Gasteiger partial charge on any atom is -0.479 e. The van der Waals surface area contributed by atoms with Gasteiger partial charge in [0.15, 0.2) is 6.10 Å². The van der Waals surface area contributed by atoms with Gasteiger partial charge < -0.3 is 15.4 Å². The highest BCUT2D eigenvalue weighted by Crippen LogP contribution is 2.34. The van der Waals surface area contributed by atoms with Crippen molar-refractivity contribution in [3.05, 3.63) is 46.6 Å². The van der Waals surface area contributed by atoms with Gasteiger partial charge in [-0.1, -0.05) is 0 Å². The van der Waals surface area contributed by atoms with Gasteiger partial charge in [-0.3, -0.25) is 14.9 Å². The molecule has 1 aromatic heterocycles. The fraction of sp³-hybridized carbons (Fsp3) is 0.143. The summed E-state index contributed by atoms with van der Waals surface area (Å²) in [6.45, 7) is 1.65. The Morgan fingerprint density at radius 2 is 2.23 bits per heavy atom. The minimum atomic E-state index is -0.553. The lowest BCUT2D eigenvalue weighted by atomic mass is 10.2. The predicted molar refractivity (Wildman–Crippen MR) is 79.3 cm³/mol. The van der Waals surface area contributed by atoms with E-state index in [1.165, 1.54) is 18.3 Å². The quantitative estimate of drug-likeness (QED) is 0.666. The number of nitro groups is 1. The van der Waals surface area contributed by atoms with E-state index in [0.29, 0.717) is 17.1 Å². The number of nitrogens with zero attached hydrogens (tertiary/aromatic N) is 2. The number of carbonyl (C=O) groups excluding carboxylic acids is 1. The number of anilines is 3. The Kier molecular flexibility index (Phi) is 3.34. The van der Waals surface area contributed by atoms with Gasteiger partial charge >= 0.3 is 5.69 Å². The third-order valence-corrected chi connectivity index (χ3v) is 3.16. The van der Waals surface area contributed by atoms with Crippen LogP contribution >= 0.6 is 0 Å². The molecule has 0 fully saturated rings. The average Bonchev–Trinajstić information content (AvgIpc) is 2.49. The smallest absolute Gasteiger partial charge is 0.311 e. The maximum Gasteiger partial charge on any atom is 0.311 e. The summed E-state index contributed by atoms with van der Waals surface area (Å²) in [5.74, 6) is 0.436. The van der Waals surface area contributed by atoms with Crippen molar-refractivity contribution in [1.82, 2.24) is 4.98 Å². The molecule has 8 nitrogen and oxygen atoms in total. The van der Waals surface area contributed by atoms with Crippen molar-refractivity contribution in [1.29, 1.82) is 0 Å². The van der Waals surface area contributed by atoms with Crippen LogP contribution in [0.25, 0.3) is 0 Å². The van der Waals surface area contributed by atoms with Gasteiger partial charge in [0.1, 0.15) is 5.75 Å². The summed E-state index contributed by atoms with van der Waals surface area (Å²) in [4.78, 5) is 26.0. The third-order valence-electron chi connectivity index (χ3n) is 3.16. The molecule has 0 spiro atoms. The first-order valence-electron chi connectivity index (χ1n) is 6.52. The molecule has 3 rings (SSSR count). The SMILES string of the molecule is C[C@H]1Oc2ccc(Nc3ncccc3[N+](=O)[O-])cc2NC1=O. The molecule has 2 heterocycles. The summed E-state index contributed by atoms with van der Waals surface area (Å²) < 4.78 is 5.45. The summed E-state index contributed by atoms with van der Waals surface area (Å²) in [6, 6.07) is 7.87. The fourth-order valence-electron chi connectivity index (χ4n) is 2.06. The number of benzene rings is 1. The number of aromatic nitrogens is 1. The van der Waals surface area contributed by atoms with E-state index < -0.39 is 11.0 Å². The molecule has 2 N–H and O–H groups in total. The third kappa shape index (κ3) is 2.53. The summed E-state index contributed by atoms with van der Waals surface area (Å²) in [5, 5.41) is 16.6. The van der Waals surface area contributed by atoms with Gasteiger partial charge in [-0.05, 0) is 31.2 Å². The van der Waals surface area contributed by atoms with Gasteiger partial charge in [-0.25, -0.2) is 4.98 Å². The van der Waals surface area contributed by atoms with Crippen LogP contribution < -0.4 is 15.4 Å². The summed E-state index contributed by atoms with van der Waals surface area (Å²) in [7, 11) is 0. The normalized spacial score (nSPS) is 16.2. The number of hydrogen-bond acceptors (Lipinski definition) is 6. The van der Waals surface area contributed by atoms with E-state index in [2.05, 4.69) is 15.6 Å². The number of carbonyl (C=O) groups is 1. The van der Waals surface area contributed by atoms with Crippen LogP contribution in [-0.4, -0.2) is 21.9 Å². The van der Waals surface area contributed by atoms with Crippen LogP contribution in [0.4, 0.5) is 22.9 Å². The van der Waals surface area contributed by atoms with Crippen LogP contribution in [0.3, 0.4) is 0 Å². The van der Waals surface area contributed by atoms with Crippen LogP contribution in [0, 0.1) is 10.1 Å². The highest BCUT2D eigenvalue weighted by molar-refractivity contribution is 5.98. The van der Waals surface area contributed by atoms with E-state index in [-0.39, 0.29) is 17.4 Å². The molecule has 2 aromatic rings. The van der Waals surface area contributed by atoms with Gasteiger partial charge in [0, 0.05) is 18.0 Å². The Morgan fingerprint density at radius 1 is 1.41 bits per heavy atom.